The summed E-state index contributed by atoms with van der Waals surface area (Å²) in [4.78, 5) is 14.6. The van der Waals surface area contributed by atoms with Crippen molar-refractivity contribution in [1.29, 1.82) is 0 Å². The van der Waals surface area contributed by atoms with Gasteiger partial charge in [-0.3, -0.25) is 9.69 Å². The number of carbonyl (C=O) groups excluding carboxylic acids is 1. The Bertz CT molecular complexity index is 317. The van der Waals surface area contributed by atoms with Crippen molar-refractivity contribution in [3.05, 3.63) is 0 Å². The number of carbonyl (C=O) groups is 1. The molecule has 0 aliphatic carbocycles. The Morgan fingerprint density at radius 1 is 1.50 bits per heavy atom. The van der Waals surface area contributed by atoms with Crippen LogP contribution in [0.1, 0.15) is 46.5 Å². The summed E-state index contributed by atoms with van der Waals surface area (Å²) < 4.78 is 0. The molecule has 1 atom stereocenters. The first kappa shape index (κ1) is 15.4. The Morgan fingerprint density at radius 2 is 2.17 bits per heavy atom. The third-order valence-corrected chi connectivity index (χ3v) is 3.92. The molecule has 1 saturated heterocycles. The molecule has 0 aromatic heterocycles. The van der Waals surface area contributed by atoms with Gasteiger partial charge in [0.05, 0.1) is 17.6 Å². The van der Waals surface area contributed by atoms with Crippen molar-refractivity contribution in [2.75, 3.05) is 13.1 Å². The first-order valence-corrected chi connectivity index (χ1v) is 7.11. The number of nitrogens with zero attached hydrogens (tertiary/aromatic N) is 1. The second kappa shape index (κ2) is 6.48. The predicted octanol–water partition coefficient (Wildman–Crippen LogP) is 1.43. The minimum Gasteiger partial charge on any atom is -0.392 e. The second-order valence-electron chi connectivity index (χ2n) is 5.67. The zero-order valence-corrected chi connectivity index (χ0v) is 12.5. The van der Waals surface area contributed by atoms with Crippen molar-refractivity contribution in [3.8, 4) is 0 Å². The number of thiocarbonyl (C=S) groups is 1. The van der Waals surface area contributed by atoms with Crippen LogP contribution in [0.4, 0.5) is 0 Å². The molecule has 3 N–H and O–H groups in total. The molecular formula is C13H25N3OS. The average Bonchev–Trinajstić information content (AvgIpc) is 2.28. The van der Waals surface area contributed by atoms with E-state index in [1.54, 1.807) is 0 Å². The van der Waals surface area contributed by atoms with E-state index in [-0.39, 0.29) is 17.5 Å². The molecular weight excluding hydrogens is 246 g/mol. The summed E-state index contributed by atoms with van der Waals surface area (Å²) in [5.74, 6) is 0.0602. The van der Waals surface area contributed by atoms with E-state index < -0.39 is 0 Å². The van der Waals surface area contributed by atoms with Crippen molar-refractivity contribution in [2.24, 2.45) is 5.73 Å². The molecule has 104 valence electrons. The van der Waals surface area contributed by atoms with E-state index in [0.29, 0.717) is 11.5 Å². The second-order valence-corrected chi connectivity index (χ2v) is 6.14. The normalized spacial score (nSPS) is 21.6. The summed E-state index contributed by atoms with van der Waals surface area (Å²) in [6.45, 7) is 7.44. The van der Waals surface area contributed by atoms with E-state index >= 15 is 0 Å². The van der Waals surface area contributed by atoms with E-state index in [9.17, 15) is 4.79 Å². The summed E-state index contributed by atoms with van der Waals surface area (Å²) in [6.07, 6.45) is 4.14. The third kappa shape index (κ3) is 4.53. The molecule has 0 aromatic carbocycles. The molecule has 0 spiro atoms. The number of amides is 1. The maximum atomic E-state index is 12.0. The van der Waals surface area contributed by atoms with E-state index in [1.165, 1.54) is 0 Å². The molecule has 1 unspecified atom stereocenters. The minimum absolute atomic E-state index is 0.0602. The quantitative estimate of drug-likeness (QED) is 0.743. The minimum atomic E-state index is -0.147. The molecule has 0 bridgehead atoms. The van der Waals surface area contributed by atoms with Gasteiger partial charge in [0.15, 0.2) is 0 Å². The first-order chi connectivity index (χ1) is 8.35. The SMILES string of the molecule is CCC(C)(C)NC(=O)CN1CCCCC1C(N)=S. The van der Waals surface area contributed by atoms with Crippen molar-refractivity contribution in [1.82, 2.24) is 10.2 Å². The van der Waals surface area contributed by atoms with Crippen LogP contribution in [-0.4, -0.2) is 40.5 Å². The van der Waals surface area contributed by atoms with Crippen molar-refractivity contribution in [2.45, 2.75) is 58.0 Å². The van der Waals surface area contributed by atoms with Gasteiger partial charge in [-0.1, -0.05) is 25.6 Å². The Hall–Kier alpha value is -0.680. The number of hydrogen-bond acceptors (Lipinski definition) is 3. The molecule has 1 rings (SSSR count). The number of piperidine rings is 1. The lowest BCUT2D eigenvalue weighted by Gasteiger charge is -2.35. The molecule has 1 amide bonds. The van der Waals surface area contributed by atoms with Gasteiger partial charge in [0.2, 0.25) is 5.91 Å². The molecule has 0 saturated carbocycles. The maximum absolute atomic E-state index is 12.0. The number of nitrogens with two attached hydrogens (primary N) is 1. The summed E-state index contributed by atoms with van der Waals surface area (Å²) in [5.41, 5.74) is 5.60. The molecule has 18 heavy (non-hydrogen) atoms. The van der Waals surface area contributed by atoms with Crippen LogP contribution in [-0.2, 0) is 4.79 Å². The van der Waals surface area contributed by atoms with E-state index in [2.05, 4.69) is 17.1 Å². The van der Waals surface area contributed by atoms with Gasteiger partial charge in [-0.2, -0.15) is 0 Å². The summed E-state index contributed by atoms with van der Waals surface area (Å²) in [7, 11) is 0. The highest BCUT2D eigenvalue weighted by molar-refractivity contribution is 7.80. The first-order valence-electron chi connectivity index (χ1n) is 6.70. The van der Waals surface area contributed by atoms with Gasteiger partial charge in [-0.05, 0) is 39.7 Å². The Labute approximate surface area is 115 Å². The van der Waals surface area contributed by atoms with Crippen LogP contribution in [0.3, 0.4) is 0 Å². The molecule has 0 radical (unpaired) electrons. The zero-order valence-electron chi connectivity index (χ0n) is 11.7. The number of hydrogen-bond donors (Lipinski definition) is 2. The monoisotopic (exact) mass is 271 g/mol. The summed E-state index contributed by atoms with van der Waals surface area (Å²) >= 11 is 5.08. The number of rotatable bonds is 5. The highest BCUT2D eigenvalue weighted by Crippen LogP contribution is 2.17. The van der Waals surface area contributed by atoms with Gasteiger partial charge < -0.3 is 11.1 Å². The third-order valence-electron chi connectivity index (χ3n) is 3.65. The van der Waals surface area contributed by atoms with Gasteiger partial charge in [-0.25, -0.2) is 0 Å². The molecule has 1 fully saturated rings. The molecule has 4 nitrogen and oxygen atoms in total. The fourth-order valence-corrected chi connectivity index (χ4v) is 2.46. The van der Waals surface area contributed by atoms with Crippen LogP contribution in [0.5, 0.6) is 0 Å². The highest BCUT2D eigenvalue weighted by atomic mass is 32.1. The predicted molar refractivity (Wildman–Crippen MR) is 78.5 cm³/mol. The highest BCUT2D eigenvalue weighted by Gasteiger charge is 2.27. The zero-order chi connectivity index (χ0) is 13.8. The van der Waals surface area contributed by atoms with Crippen LogP contribution in [0.2, 0.25) is 0 Å². The Kier molecular flexibility index (Phi) is 5.53. The van der Waals surface area contributed by atoms with E-state index in [1.807, 2.05) is 13.8 Å². The lowest BCUT2D eigenvalue weighted by atomic mass is 10.0. The van der Waals surface area contributed by atoms with E-state index in [4.69, 9.17) is 18.0 Å². The van der Waals surface area contributed by atoms with E-state index in [0.717, 1.165) is 32.2 Å². The fraction of sp³-hybridized carbons (Fsp3) is 0.846. The fourth-order valence-electron chi connectivity index (χ4n) is 2.19. The Morgan fingerprint density at radius 3 is 2.72 bits per heavy atom. The maximum Gasteiger partial charge on any atom is 0.234 e. The lowest BCUT2D eigenvalue weighted by molar-refractivity contribution is -0.124. The van der Waals surface area contributed by atoms with Gasteiger partial charge in [0.25, 0.3) is 0 Å². The van der Waals surface area contributed by atoms with Crippen LogP contribution >= 0.6 is 12.2 Å². The van der Waals surface area contributed by atoms with Crippen molar-refractivity contribution < 1.29 is 4.79 Å². The summed E-state index contributed by atoms with van der Waals surface area (Å²) in [5, 5.41) is 3.05. The van der Waals surface area contributed by atoms with Crippen LogP contribution in [0.15, 0.2) is 0 Å². The standard InChI is InChI=1S/C13H25N3OS/c1-4-13(2,3)15-11(17)9-16-8-6-5-7-10(16)12(14)18/h10H,4-9H2,1-3H3,(H2,14,18)(H,15,17). The van der Waals surface area contributed by atoms with Gasteiger partial charge >= 0.3 is 0 Å². The molecule has 0 aromatic rings. The molecule has 5 heteroatoms. The average molecular weight is 271 g/mol. The van der Waals surface area contributed by atoms with Crippen LogP contribution < -0.4 is 11.1 Å². The molecule has 1 heterocycles. The van der Waals surface area contributed by atoms with Gasteiger partial charge in [0, 0.05) is 5.54 Å². The van der Waals surface area contributed by atoms with Crippen molar-refractivity contribution >= 4 is 23.1 Å². The van der Waals surface area contributed by atoms with Crippen molar-refractivity contribution in [3.63, 3.8) is 0 Å². The largest absolute Gasteiger partial charge is 0.392 e. The number of nitrogens with one attached hydrogen (secondary N) is 1. The van der Waals surface area contributed by atoms with Crippen LogP contribution in [0, 0.1) is 0 Å². The number of likely N-dealkylation sites (tertiary alicyclic amines) is 1. The molecule has 1 aliphatic rings. The Balaban J connectivity index is 2.54. The lowest BCUT2D eigenvalue weighted by Crippen LogP contribution is -2.53. The topological polar surface area (TPSA) is 58.4 Å². The molecule has 1 aliphatic heterocycles. The van der Waals surface area contributed by atoms with Gasteiger partial charge in [-0.15, -0.1) is 0 Å². The summed E-state index contributed by atoms with van der Waals surface area (Å²) in [6, 6.07) is 0.0873. The van der Waals surface area contributed by atoms with Gasteiger partial charge in [0.1, 0.15) is 0 Å². The van der Waals surface area contributed by atoms with Crippen LogP contribution in [0.25, 0.3) is 0 Å². The smallest absolute Gasteiger partial charge is 0.234 e.